The molecule has 2 atom stereocenters. The molecule has 7 heteroatoms. The van der Waals surface area contributed by atoms with Crippen molar-refractivity contribution in [3.05, 3.63) is 6.07 Å². The number of carboxylic acids is 1. The first-order valence-corrected chi connectivity index (χ1v) is 6.46. The third-order valence-electron chi connectivity index (χ3n) is 3.85. The highest BCUT2D eigenvalue weighted by atomic mass is 16.5. The summed E-state index contributed by atoms with van der Waals surface area (Å²) in [5.74, 6) is 0.256. The van der Waals surface area contributed by atoms with E-state index >= 15 is 0 Å². The number of hydrogen-bond acceptors (Lipinski definition) is 6. The van der Waals surface area contributed by atoms with Gasteiger partial charge in [-0.1, -0.05) is 6.42 Å². The molecule has 2 rings (SSSR count). The van der Waals surface area contributed by atoms with Crippen LogP contribution in [0.5, 0.6) is 11.8 Å². The summed E-state index contributed by atoms with van der Waals surface area (Å²) in [4.78, 5) is 19.8. The Morgan fingerprint density at radius 3 is 2.50 bits per heavy atom. The highest BCUT2D eigenvalue weighted by Gasteiger charge is 2.45. The number of nitrogens with zero attached hydrogens (tertiary/aromatic N) is 2. The normalized spacial score (nSPS) is 25.2. The van der Waals surface area contributed by atoms with Gasteiger partial charge in [-0.05, 0) is 19.8 Å². The minimum Gasteiger partial charge on any atom is -0.481 e. The Morgan fingerprint density at radius 1 is 1.40 bits per heavy atom. The SMILES string of the molecule is COc1cc(OC)nc(NC2CCCC2(C)C(=O)O)n1. The van der Waals surface area contributed by atoms with E-state index in [9.17, 15) is 9.90 Å². The average molecular weight is 281 g/mol. The van der Waals surface area contributed by atoms with Crippen LogP contribution >= 0.6 is 0 Å². The average Bonchev–Trinajstić information content (AvgIpc) is 2.81. The second kappa shape index (κ2) is 5.52. The maximum Gasteiger partial charge on any atom is 0.311 e. The van der Waals surface area contributed by atoms with E-state index in [1.165, 1.54) is 14.2 Å². The third kappa shape index (κ3) is 2.61. The van der Waals surface area contributed by atoms with Gasteiger partial charge in [0.25, 0.3) is 0 Å². The Hall–Kier alpha value is -2.05. The molecular weight excluding hydrogens is 262 g/mol. The summed E-state index contributed by atoms with van der Waals surface area (Å²) in [6, 6.07) is 1.35. The molecule has 1 heterocycles. The number of nitrogens with one attached hydrogen (secondary N) is 1. The largest absolute Gasteiger partial charge is 0.481 e. The molecule has 7 nitrogen and oxygen atoms in total. The maximum atomic E-state index is 11.4. The molecule has 0 spiro atoms. The zero-order chi connectivity index (χ0) is 14.8. The molecule has 1 aromatic rings. The van der Waals surface area contributed by atoms with Gasteiger partial charge in [0.15, 0.2) is 0 Å². The van der Waals surface area contributed by atoms with Crippen LogP contribution < -0.4 is 14.8 Å². The van der Waals surface area contributed by atoms with Crippen LogP contribution in [0.3, 0.4) is 0 Å². The Bertz CT molecular complexity index is 486. The summed E-state index contributed by atoms with van der Waals surface area (Å²) in [6.45, 7) is 1.75. The standard InChI is InChI=1S/C13H19N3O4/c1-13(11(17)18)6-4-5-8(13)14-12-15-9(19-2)7-10(16-12)20-3/h7-8H,4-6H2,1-3H3,(H,17,18)(H,14,15,16). The minimum atomic E-state index is -0.806. The highest BCUT2D eigenvalue weighted by Crippen LogP contribution is 2.39. The topological polar surface area (TPSA) is 93.6 Å². The number of anilines is 1. The van der Waals surface area contributed by atoms with Gasteiger partial charge in [-0.2, -0.15) is 9.97 Å². The predicted molar refractivity (Wildman–Crippen MR) is 72.1 cm³/mol. The molecule has 0 saturated heterocycles. The Labute approximate surface area is 117 Å². The molecule has 1 aliphatic carbocycles. The number of carbonyl (C=O) groups is 1. The lowest BCUT2D eigenvalue weighted by Gasteiger charge is -2.27. The summed E-state index contributed by atoms with van der Waals surface area (Å²) in [5, 5.41) is 12.5. The van der Waals surface area contributed by atoms with E-state index in [4.69, 9.17) is 9.47 Å². The molecule has 1 aliphatic rings. The van der Waals surface area contributed by atoms with E-state index < -0.39 is 11.4 Å². The molecule has 0 aromatic carbocycles. The van der Waals surface area contributed by atoms with Crippen molar-refractivity contribution in [1.29, 1.82) is 0 Å². The summed E-state index contributed by atoms with van der Waals surface area (Å²) in [5.41, 5.74) is -0.806. The Morgan fingerprint density at radius 2 is 2.00 bits per heavy atom. The van der Waals surface area contributed by atoms with Gasteiger partial charge >= 0.3 is 5.97 Å². The Balaban J connectivity index is 2.23. The van der Waals surface area contributed by atoms with E-state index in [1.54, 1.807) is 13.0 Å². The first-order chi connectivity index (χ1) is 9.49. The molecule has 2 N–H and O–H groups in total. The first-order valence-electron chi connectivity index (χ1n) is 6.46. The molecule has 0 amide bonds. The van der Waals surface area contributed by atoms with Crippen molar-refractivity contribution in [1.82, 2.24) is 9.97 Å². The fourth-order valence-electron chi connectivity index (χ4n) is 2.49. The van der Waals surface area contributed by atoms with Crippen molar-refractivity contribution in [2.45, 2.75) is 32.2 Å². The fraction of sp³-hybridized carbons (Fsp3) is 0.615. The lowest BCUT2D eigenvalue weighted by Crippen LogP contribution is -2.40. The van der Waals surface area contributed by atoms with Gasteiger partial charge in [-0.15, -0.1) is 0 Å². The van der Waals surface area contributed by atoms with Gasteiger partial charge < -0.3 is 19.9 Å². The molecule has 0 radical (unpaired) electrons. The van der Waals surface area contributed by atoms with Crippen molar-refractivity contribution in [3.8, 4) is 11.8 Å². The number of rotatable bonds is 5. The van der Waals surface area contributed by atoms with Crippen molar-refractivity contribution < 1.29 is 19.4 Å². The molecule has 20 heavy (non-hydrogen) atoms. The van der Waals surface area contributed by atoms with Gasteiger partial charge in [0.2, 0.25) is 17.7 Å². The number of ether oxygens (including phenoxy) is 2. The van der Waals surface area contributed by atoms with Crippen molar-refractivity contribution in [2.75, 3.05) is 19.5 Å². The second-order valence-corrected chi connectivity index (χ2v) is 5.09. The van der Waals surface area contributed by atoms with Crippen LogP contribution in [-0.4, -0.2) is 41.3 Å². The van der Waals surface area contributed by atoms with Crippen LogP contribution in [0, 0.1) is 5.41 Å². The van der Waals surface area contributed by atoms with Crippen LogP contribution in [0.25, 0.3) is 0 Å². The van der Waals surface area contributed by atoms with Crippen molar-refractivity contribution in [2.24, 2.45) is 5.41 Å². The molecule has 1 fully saturated rings. The van der Waals surface area contributed by atoms with Crippen LogP contribution in [0.15, 0.2) is 6.07 Å². The molecule has 1 saturated carbocycles. The third-order valence-corrected chi connectivity index (χ3v) is 3.85. The van der Waals surface area contributed by atoms with Gasteiger partial charge in [-0.25, -0.2) is 0 Å². The summed E-state index contributed by atoms with van der Waals surface area (Å²) >= 11 is 0. The molecule has 110 valence electrons. The van der Waals surface area contributed by atoms with E-state index in [0.29, 0.717) is 24.1 Å². The number of hydrogen-bond donors (Lipinski definition) is 2. The lowest BCUT2D eigenvalue weighted by atomic mass is 9.85. The quantitative estimate of drug-likeness (QED) is 0.845. The summed E-state index contributed by atoms with van der Waals surface area (Å²) in [7, 11) is 3.00. The lowest BCUT2D eigenvalue weighted by molar-refractivity contribution is -0.147. The van der Waals surface area contributed by atoms with Gasteiger partial charge in [-0.3, -0.25) is 4.79 Å². The highest BCUT2D eigenvalue weighted by molar-refractivity contribution is 5.76. The van der Waals surface area contributed by atoms with E-state index in [1.807, 2.05) is 0 Å². The van der Waals surface area contributed by atoms with Crippen molar-refractivity contribution >= 4 is 11.9 Å². The summed E-state index contributed by atoms with van der Waals surface area (Å²) < 4.78 is 10.1. The number of methoxy groups -OCH3 is 2. The molecule has 1 aromatic heterocycles. The smallest absolute Gasteiger partial charge is 0.311 e. The molecule has 0 aliphatic heterocycles. The summed E-state index contributed by atoms with van der Waals surface area (Å²) in [6.07, 6.45) is 2.27. The van der Waals surface area contributed by atoms with Gasteiger partial charge in [0.1, 0.15) is 0 Å². The van der Waals surface area contributed by atoms with Crippen LogP contribution in [0.4, 0.5) is 5.95 Å². The maximum absolute atomic E-state index is 11.4. The van der Waals surface area contributed by atoms with Gasteiger partial charge in [0, 0.05) is 6.04 Å². The monoisotopic (exact) mass is 281 g/mol. The van der Waals surface area contributed by atoms with Gasteiger partial charge in [0.05, 0.1) is 25.7 Å². The van der Waals surface area contributed by atoms with Crippen molar-refractivity contribution in [3.63, 3.8) is 0 Å². The van der Waals surface area contributed by atoms with Crippen LogP contribution in [0.1, 0.15) is 26.2 Å². The first kappa shape index (κ1) is 14.4. The Kier molecular flexibility index (Phi) is 3.96. The fourth-order valence-corrected chi connectivity index (χ4v) is 2.49. The van der Waals surface area contributed by atoms with E-state index in [2.05, 4.69) is 15.3 Å². The van der Waals surface area contributed by atoms with E-state index in [0.717, 1.165) is 12.8 Å². The number of aromatic nitrogens is 2. The number of carboxylic acid groups (broad SMARTS) is 1. The van der Waals surface area contributed by atoms with Crippen LogP contribution in [-0.2, 0) is 4.79 Å². The molecule has 0 bridgehead atoms. The second-order valence-electron chi connectivity index (χ2n) is 5.09. The van der Waals surface area contributed by atoms with Crippen LogP contribution in [0.2, 0.25) is 0 Å². The zero-order valence-corrected chi connectivity index (χ0v) is 11.8. The number of aliphatic carboxylic acids is 1. The molecule has 2 unspecified atom stereocenters. The zero-order valence-electron chi connectivity index (χ0n) is 11.8. The van der Waals surface area contributed by atoms with E-state index in [-0.39, 0.29) is 6.04 Å². The minimum absolute atomic E-state index is 0.211. The predicted octanol–water partition coefficient (Wildman–Crippen LogP) is 1.55. The molecular formula is C13H19N3O4.